The largest absolute Gasteiger partial charge is 0.466 e. The Morgan fingerprint density at radius 3 is 1.92 bits per heavy atom. The highest BCUT2D eigenvalue weighted by Crippen LogP contribution is 2.10. The number of ether oxygens (including phenoxy) is 1. The number of esters is 1. The first-order chi connectivity index (χ1) is 12.3. The predicted octanol–water partition coefficient (Wildman–Crippen LogP) is 7.53. The van der Waals surface area contributed by atoms with Crippen LogP contribution in [0, 0.1) is 0 Å². The minimum Gasteiger partial charge on any atom is -0.466 e. The molecule has 0 atom stereocenters. The van der Waals surface area contributed by atoms with E-state index in [1.807, 2.05) is 6.08 Å². The molecule has 0 unspecified atom stereocenters. The Labute approximate surface area is 157 Å². The minimum atomic E-state index is -0.0401. The molecule has 0 N–H and O–H groups in total. The standard InChI is InChI=1S/C23H42O2/c1-3-5-7-8-9-10-11-12-13-14-15-16-17-18-19-21-23(24)25-22-20-6-4-2/h4,12-13H,2-3,5-11,14-22H2,1H3/b13-12-. The van der Waals surface area contributed by atoms with Crippen molar-refractivity contribution in [1.29, 1.82) is 0 Å². The van der Waals surface area contributed by atoms with Crippen LogP contribution in [0.15, 0.2) is 24.8 Å². The molecule has 0 radical (unpaired) electrons. The van der Waals surface area contributed by atoms with Gasteiger partial charge < -0.3 is 4.74 Å². The van der Waals surface area contributed by atoms with Crippen molar-refractivity contribution < 1.29 is 9.53 Å². The van der Waals surface area contributed by atoms with Gasteiger partial charge in [-0.2, -0.15) is 0 Å². The van der Waals surface area contributed by atoms with Crippen molar-refractivity contribution >= 4 is 5.97 Å². The molecule has 0 aromatic rings. The van der Waals surface area contributed by atoms with E-state index in [-0.39, 0.29) is 5.97 Å². The van der Waals surface area contributed by atoms with Crippen LogP contribution in [0.25, 0.3) is 0 Å². The summed E-state index contributed by atoms with van der Waals surface area (Å²) in [6.45, 7) is 6.46. The minimum absolute atomic E-state index is 0.0401. The second-order valence-corrected chi connectivity index (χ2v) is 6.99. The summed E-state index contributed by atoms with van der Waals surface area (Å²) in [4.78, 5) is 11.5. The fourth-order valence-corrected chi connectivity index (χ4v) is 2.83. The molecule has 0 heterocycles. The van der Waals surface area contributed by atoms with Crippen molar-refractivity contribution in [2.75, 3.05) is 6.61 Å². The normalized spacial score (nSPS) is 11.1. The van der Waals surface area contributed by atoms with Gasteiger partial charge >= 0.3 is 5.97 Å². The Balaban J connectivity index is 3.18. The van der Waals surface area contributed by atoms with Gasteiger partial charge in [0, 0.05) is 6.42 Å². The van der Waals surface area contributed by atoms with Gasteiger partial charge in [0.25, 0.3) is 0 Å². The SMILES string of the molecule is C=CCCCOC(=O)CCCCCCC/C=C\CCCCCCCC. The van der Waals surface area contributed by atoms with E-state index in [4.69, 9.17) is 4.74 Å². The fraction of sp³-hybridized carbons (Fsp3) is 0.783. The summed E-state index contributed by atoms with van der Waals surface area (Å²) in [5.74, 6) is -0.0401. The lowest BCUT2D eigenvalue weighted by Crippen LogP contribution is -2.05. The molecule has 0 aliphatic rings. The molecule has 0 saturated heterocycles. The van der Waals surface area contributed by atoms with E-state index in [0.29, 0.717) is 13.0 Å². The van der Waals surface area contributed by atoms with E-state index >= 15 is 0 Å². The molecule has 0 spiro atoms. The monoisotopic (exact) mass is 350 g/mol. The quantitative estimate of drug-likeness (QED) is 0.137. The zero-order valence-corrected chi connectivity index (χ0v) is 16.8. The van der Waals surface area contributed by atoms with Gasteiger partial charge in [-0.25, -0.2) is 0 Å². The van der Waals surface area contributed by atoms with E-state index in [9.17, 15) is 4.79 Å². The number of hydrogen-bond donors (Lipinski definition) is 0. The smallest absolute Gasteiger partial charge is 0.305 e. The molecule has 0 rings (SSSR count). The fourth-order valence-electron chi connectivity index (χ4n) is 2.83. The van der Waals surface area contributed by atoms with Crippen LogP contribution in [0.4, 0.5) is 0 Å². The molecule has 0 aliphatic heterocycles. The van der Waals surface area contributed by atoms with Crippen LogP contribution in [-0.4, -0.2) is 12.6 Å². The molecule has 146 valence electrons. The average molecular weight is 351 g/mol. The Morgan fingerprint density at radius 1 is 0.760 bits per heavy atom. The first kappa shape index (κ1) is 23.9. The lowest BCUT2D eigenvalue weighted by atomic mass is 10.1. The first-order valence-electron chi connectivity index (χ1n) is 10.7. The summed E-state index contributed by atoms with van der Waals surface area (Å²) in [6, 6.07) is 0. The van der Waals surface area contributed by atoms with Crippen LogP contribution < -0.4 is 0 Å². The molecule has 25 heavy (non-hydrogen) atoms. The summed E-state index contributed by atoms with van der Waals surface area (Å²) in [5.41, 5.74) is 0. The molecule has 2 nitrogen and oxygen atoms in total. The Kier molecular flexibility index (Phi) is 20.1. The maximum atomic E-state index is 11.5. The summed E-state index contributed by atoms with van der Waals surface area (Å²) in [6.07, 6.45) is 25.6. The molecular weight excluding hydrogens is 308 g/mol. The van der Waals surface area contributed by atoms with Crippen molar-refractivity contribution in [3.8, 4) is 0 Å². The third kappa shape index (κ3) is 20.9. The van der Waals surface area contributed by atoms with Crippen LogP contribution in [0.1, 0.15) is 110 Å². The van der Waals surface area contributed by atoms with Crippen LogP contribution in [0.2, 0.25) is 0 Å². The van der Waals surface area contributed by atoms with Crippen molar-refractivity contribution in [2.45, 2.75) is 110 Å². The van der Waals surface area contributed by atoms with Crippen LogP contribution in [0.5, 0.6) is 0 Å². The van der Waals surface area contributed by atoms with Crippen molar-refractivity contribution in [3.63, 3.8) is 0 Å². The number of carbonyl (C=O) groups is 1. The van der Waals surface area contributed by atoms with Crippen molar-refractivity contribution in [1.82, 2.24) is 0 Å². The maximum absolute atomic E-state index is 11.5. The van der Waals surface area contributed by atoms with Gasteiger partial charge in [0.2, 0.25) is 0 Å². The first-order valence-corrected chi connectivity index (χ1v) is 10.7. The highest BCUT2D eigenvalue weighted by Gasteiger charge is 2.01. The topological polar surface area (TPSA) is 26.3 Å². The number of rotatable bonds is 19. The molecule has 0 aromatic carbocycles. The zero-order chi connectivity index (χ0) is 18.4. The highest BCUT2D eigenvalue weighted by atomic mass is 16.5. The number of unbranched alkanes of at least 4 members (excludes halogenated alkanes) is 12. The summed E-state index contributed by atoms with van der Waals surface area (Å²) in [5, 5.41) is 0. The van der Waals surface area contributed by atoms with Gasteiger partial charge in [-0.3, -0.25) is 4.79 Å². The summed E-state index contributed by atoms with van der Waals surface area (Å²) in [7, 11) is 0. The molecule has 0 fully saturated rings. The zero-order valence-electron chi connectivity index (χ0n) is 16.8. The van der Waals surface area contributed by atoms with Gasteiger partial charge in [0.15, 0.2) is 0 Å². The van der Waals surface area contributed by atoms with E-state index in [1.165, 1.54) is 70.6 Å². The third-order valence-electron chi connectivity index (χ3n) is 4.46. The van der Waals surface area contributed by atoms with Crippen LogP contribution >= 0.6 is 0 Å². The second-order valence-electron chi connectivity index (χ2n) is 6.99. The lowest BCUT2D eigenvalue weighted by molar-refractivity contribution is -0.143. The highest BCUT2D eigenvalue weighted by molar-refractivity contribution is 5.69. The van der Waals surface area contributed by atoms with Crippen molar-refractivity contribution in [3.05, 3.63) is 24.8 Å². The van der Waals surface area contributed by atoms with E-state index in [0.717, 1.165) is 25.7 Å². The van der Waals surface area contributed by atoms with Gasteiger partial charge in [-0.15, -0.1) is 6.58 Å². The molecular formula is C23H42O2. The van der Waals surface area contributed by atoms with E-state index < -0.39 is 0 Å². The van der Waals surface area contributed by atoms with Gasteiger partial charge in [0.1, 0.15) is 0 Å². The second kappa shape index (κ2) is 21.0. The summed E-state index contributed by atoms with van der Waals surface area (Å²) >= 11 is 0. The van der Waals surface area contributed by atoms with Crippen LogP contribution in [-0.2, 0) is 9.53 Å². The van der Waals surface area contributed by atoms with E-state index in [2.05, 4.69) is 25.7 Å². The number of allylic oxidation sites excluding steroid dienone is 3. The molecule has 2 heteroatoms. The maximum Gasteiger partial charge on any atom is 0.305 e. The summed E-state index contributed by atoms with van der Waals surface area (Å²) < 4.78 is 5.17. The third-order valence-corrected chi connectivity index (χ3v) is 4.46. The van der Waals surface area contributed by atoms with Gasteiger partial charge in [-0.1, -0.05) is 76.5 Å². The number of hydrogen-bond acceptors (Lipinski definition) is 2. The molecule has 0 aliphatic carbocycles. The average Bonchev–Trinajstić information content (AvgIpc) is 2.62. The predicted molar refractivity (Wildman–Crippen MR) is 110 cm³/mol. The Bertz CT molecular complexity index is 320. The molecule has 0 amide bonds. The van der Waals surface area contributed by atoms with E-state index in [1.54, 1.807) is 0 Å². The van der Waals surface area contributed by atoms with Gasteiger partial charge in [-0.05, 0) is 44.9 Å². The van der Waals surface area contributed by atoms with Crippen LogP contribution in [0.3, 0.4) is 0 Å². The Hall–Kier alpha value is -1.05. The molecule has 0 saturated carbocycles. The van der Waals surface area contributed by atoms with Gasteiger partial charge in [0.05, 0.1) is 6.61 Å². The molecule has 0 aromatic heterocycles. The Morgan fingerprint density at radius 2 is 1.32 bits per heavy atom. The number of carbonyl (C=O) groups excluding carboxylic acids is 1. The molecule has 0 bridgehead atoms. The van der Waals surface area contributed by atoms with Crippen molar-refractivity contribution in [2.24, 2.45) is 0 Å². The lowest BCUT2D eigenvalue weighted by Gasteiger charge is -2.03.